The van der Waals surface area contributed by atoms with E-state index in [1.165, 1.54) is 0 Å². The maximum absolute atomic E-state index is 12.2. The Hall–Kier alpha value is -1.71. The van der Waals surface area contributed by atoms with Crippen molar-refractivity contribution in [3.8, 4) is 0 Å². The number of rotatable bonds is 9. The monoisotopic (exact) mass is 509 g/mol. The molecular weight excluding hydrogens is 482 g/mol. The largest absolute Gasteiger partial charge is 0.469 e. The normalized spacial score (nSPS) is 12.9. The van der Waals surface area contributed by atoms with Crippen LogP contribution < -0.4 is 10.6 Å². The van der Waals surface area contributed by atoms with E-state index in [9.17, 15) is 13.2 Å². The highest BCUT2D eigenvalue weighted by molar-refractivity contribution is 14.0. The molecule has 1 atom stereocenters. The third-order valence-electron chi connectivity index (χ3n) is 4.04. The predicted molar refractivity (Wildman–Crippen MR) is 116 cm³/mol. The van der Waals surface area contributed by atoms with Crippen molar-refractivity contribution in [3.05, 3.63) is 60.1 Å². The van der Waals surface area contributed by atoms with Crippen LogP contribution in [-0.4, -0.2) is 25.2 Å². The fourth-order valence-electron chi connectivity index (χ4n) is 2.57. The summed E-state index contributed by atoms with van der Waals surface area (Å²) in [6.45, 7) is 2.97. The fourth-order valence-corrected chi connectivity index (χ4v) is 2.57. The molecule has 4 nitrogen and oxygen atoms in total. The van der Waals surface area contributed by atoms with Crippen molar-refractivity contribution < 1.29 is 17.6 Å². The topological polar surface area (TPSA) is 49.6 Å². The van der Waals surface area contributed by atoms with E-state index in [0.717, 1.165) is 11.3 Å². The molecule has 0 radical (unpaired) electrons. The molecule has 156 valence electrons. The molecule has 0 aliphatic carbocycles. The molecule has 0 amide bonds. The Morgan fingerprint density at radius 2 is 1.86 bits per heavy atom. The SMILES string of the molecule is CC(NC(=NCCCCC(F)(F)F)NCCc1ccco1)c1ccccc1.I. The summed E-state index contributed by atoms with van der Waals surface area (Å²) in [5.41, 5.74) is 1.11. The Bertz CT molecular complexity index is 676. The molecule has 2 N–H and O–H groups in total. The van der Waals surface area contributed by atoms with Gasteiger partial charge in [-0.3, -0.25) is 4.99 Å². The van der Waals surface area contributed by atoms with Crippen LogP contribution >= 0.6 is 24.0 Å². The highest BCUT2D eigenvalue weighted by atomic mass is 127. The first kappa shape index (κ1) is 24.3. The van der Waals surface area contributed by atoms with E-state index in [2.05, 4.69) is 15.6 Å². The van der Waals surface area contributed by atoms with Gasteiger partial charge in [0.15, 0.2) is 5.96 Å². The van der Waals surface area contributed by atoms with Crippen molar-refractivity contribution in [2.75, 3.05) is 13.1 Å². The molecular formula is C20H27F3IN3O. The molecule has 0 bridgehead atoms. The third kappa shape index (κ3) is 10.0. The Kier molecular flexibility index (Phi) is 11.0. The van der Waals surface area contributed by atoms with Gasteiger partial charge in [-0.25, -0.2) is 0 Å². The Labute approximate surface area is 181 Å². The highest BCUT2D eigenvalue weighted by Gasteiger charge is 2.25. The standard InChI is InChI=1S/C20H26F3N3O.HI/c1-16(17-8-3-2-4-9-17)26-19(24-13-6-5-12-20(21,22)23)25-14-11-18-10-7-15-27-18;/h2-4,7-10,15-16H,5-6,11-14H2,1H3,(H2,24,25,26);1H. The van der Waals surface area contributed by atoms with Crippen LogP contribution in [-0.2, 0) is 6.42 Å². The molecule has 0 saturated heterocycles. The Morgan fingerprint density at radius 1 is 1.11 bits per heavy atom. The summed E-state index contributed by atoms with van der Waals surface area (Å²) in [6.07, 6.45) is -2.07. The molecule has 0 spiro atoms. The van der Waals surface area contributed by atoms with Crippen LogP contribution in [0.2, 0.25) is 0 Å². The average molecular weight is 509 g/mol. The predicted octanol–water partition coefficient (Wildman–Crippen LogP) is 5.47. The molecule has 28 heavy (non-hydrogen) atoms. The van der Waals surface area contributed by atoms with E-state index in [-0.39, 0.29) is 36.4 Å². The summed E-state index contributed by atoms with van der Waals surface area (Å²) >= 11 is 0. The van der Waals surface area contributed by atoms with E-state index in [1.807, 2.05) is 49.4 Å². The molecule has 1 unspecified atom stereocenters. The van der Waals surface area contributed by atoms with E-state index in [1.54, 1.807) is 6.26 Å². The van der Waals surface area contributed by atoms with Crippen LogP contribution in [0.15, 0.2) is 58.1 Å². The van der Waals surface area contributed by atoms with Gasteiger partial charge in [-0.2, -0.15) is 13.2 Å². The summed E-state index contributed by atoms with van der Waals surface area (Å²) in [7, 11) is 0. The van der Waals surface area contributed by atoms with E-state index in [4.69, 9.17) is 4.42 Å². The van der Waals surface area contributed by atoms with Gasteiger partial charge in [0.2, 0.25) is 0 Å². The van der Waals surface area contributed by atoms with Crippen molar-refractivity contribution in [2.45, 2.75) is 44.8 Å². The van der Waals surface area contributed by atoms with Gasteiger partial charge in [0.25, 0.3) is 0 Å². The highest BCUT2D eigenvalue weighted by Crippen LogP contribution is 2.22. The number of benzene rings is 1. The van der Waals surface area contributed by atoms with Crippen LogP contribution in [0.5, 0.6) is 0 Å². The quantitative estimate of drug-likeness (QED) is 0.204. The third-order valence-corrected chi connectivity index (χ3v) is 4.04. The number of hydrogen-bond donors (Lipinski definition) is 2. The zero-order valence-corrected chi connectivity index (χ0v) is 18.2. The van der Waals surface area contributed by atoms with Crippen LogP contribution in [0.4, 0.5) is 13.2 Å². The summed E-state index contributed by atoms with van der Waals surface area (Å²) in [4.78, 5) is 4.42. The number of nitrogens with zero attached hydrogens (tertiary/aromatic N) is 1. The Morgan fingerprint density at radius 3 is 2.50 bits per heavy atom. The van der Waals surface area contributed by atoms with Crippen molar-refractivity contribution in [2.24, 2.45) is 4.99 Å². The van der Waals surface area contributed by atoms with Gasteiger partial charge in [-0.05, 0) is 37.5 Å². The fraction of sp³-hybridized carbons (Fsp3) is 0.450. The van der Waals surface area contributed by atoms with E-state index < -0.39 is 12.6 Å². The average Bonchev–Trinajstić information content (AvgIpc) is 3.14. The zero-order valence-electron chi connectivity index (χ0n) is 15.8. The molecule has 0 fully saturated rings. The number of unbranched alkanes of at least 4 members (excludes halogenated alkanes) is 1. The number of aliphatic imine (C=N–C) groups is 1. The molecule has 0 aliphatic heterocycles. The second-order valence-electron chi connectivity index (χ2n) is 6.34. The summed E-state index contributed by atoms with van der Waals surface area (Å²) < 4.78 is 42.0. The minimum atomic E-state index is -4.10. The molecule has 8 heteroatoms. The number of alkyl halides is 3. The number of hydrogen-bond acceptors (Lipinski definition) is 2. The first-order valence-corrected chi connectivity index (χ1v) is 9.13. The van der Waals surface area contributed by atoms with Crippen molar-refractivity contribution in [1.82, 2.24) is 10.6 Å². The number of halogens is 4. The smallest absolute Gasteiger partial charge is 0.389 e. The lowest BCUT2D eigenvalue weighted by atomic mass is 10.1. The van der Waals surface area contributed by atoms with Gasteiger partial charge >= 0.3 is 6.18 Å². The van der Waals surface area contributed by atoms with Crippen molar-refractivity contribution in [1.29, 1.82) is 0 Å². The lowest BCUT2D eigenvalue weighted by Gasteiger charge is -2.18. The van der Waals surface area contributed by atoms with Gasteiger partial charge in [-0.1, -0.05) is 30.3 Å². The molecule has 1 aromatic heterocycles. The number of guanidine groups is 1. The van der Waals surface area contributed by atoms with Crippen molar-refractivity contribution in [3.63, 3.8) is 0 Å². The second kappa shape index (κ2) is 12.7. The maximum Gasteiger partial charge on any atom is 0.389 e. The van der Waals surface area contributed by atoms with Crippen LogP contribution in [0.3, 0.4) is 0 Å². The van der Waals surface area contributed by atoms with Gasteiger partial charge in [0.1, 0.15) is 5.76 Å². The van der Waals surface area contributed by atoms with Gasteiger partial charge < -0.3 is 15.1 Å². The maximum atomic E-state index is 12.2. The lowest BCUT2D eigenvalue weighted by molar-refractivity contribution is -0.135. The zero-order chi connectivity index (χ0) is 19.5. The molecule has 1 heterocycles. The molecule has 0 aliphatic rings. The lowest BCUT2D eigenvalue weighted by Crippen LogP contribution is -2.39. The summed E-state index contributed by atoms with van der Waals surface area (Å²) in [6, 6.07) is 13.7. The second-order valence-corrected chi connectivity index (χ2v) is 6.34. The first-order valence-electron chi connectivity index (χ1n) is 9.13. The first-order chi connectivity index (χ1) is 12.9. The summed E-state index contributed by atoms with van der Waals surface area (Å²) in [5, 5.41) is 6.53. The van der Waals surface area contributed by atoms with Gasteiger partial charge in [0.05, 0.1) is 12.3 Å². The molecule has 0 saturated carbocycles. The van der Waals surface area contributed by atoms with Crippen LogP contribution in [0, 0.1) is 0 Å². The van der Waals surface area contributed by atoms with Gasteiger partial charge in [-0.15, -0.1) is 24.0 Å². The van der Waals surface area contributed by atoms with Crippen molar-refractivity contribution >= 4 is 29.9 Å². The number of furan rings is 1. The van der Waals surface area contributed by atoms with Crippen LogP contribution in [0.25, 0.3) is 0 Å². The van der Waals surface area contributed by atoms with E-state index in [0.29, 0.717) is 31.9 Å². The Balaban J connectivity index is 0.00000392. The molecule has 1 aromatic carbocycles. The minimum absolute atomic E-state index is 0. The van der Waals surface area contributed by atoms with Crippen LogP contribution in [0.1, 0.15) is 43.6 Å². The molecule has 2 rings (SSSR count). The minimum Gasteiger partial charge on any atom is -0.469 e. The van der Waals surface area contributed by atoms with E-state index >= 15 is 0 Å². The molecule has 2 aromatic rings. The van der Waals surface area contributed by atoms with Gasteiger partial charge in [0, 0.05) is 25.9 Å². The number of nitrogens with one attached hydrogen (secondary N) is 2. The summed E-state index contributed by atoms with van der Waals surface area (Å²) in [5.74, 6) is 1.45.